The summed E-state index contributed by atoms with van der Waals surface area (Å²) < 4.78 is 10.8. The molecule has 1 aromatic carbocycles. The summed E-state index contributed by atoms with van der Waals surface area (Å²) in [6, 6.07) is 1.81. The Morgan fingerprint density at radius 3 is 2.50 bits per heavy atom. The first-order valence-corrected chi connectivity index (χ1v) is 6.09. The van der Waals surface area contributed by atoms with E-state index in [-0.39, 0.29) is 0 Å². The SMILES string of the molecule is COc1cc(C(C)C(=O)O)c(OC)c2c1CCC2. The largest absolute Gasteiger partial charge is 0.496 e. The van der Waals surface area contributed by atoms with Crippen LogP contribution in [0.1, 0.15) is 36.0 Å². The van der Waals surface area contributed by atoms with Gasteiger partial charge >= 0.3 is 5.97 Å². The van der Waals surface area contributed by atoms with Crippen LogP contribution in [-0.2, 0) is 17.6 Å². The van der Waals surface area contributed by atoms with E-state index in [9.17, 15) is 9.90 Å². The van der Waals surface area contributed by atoms with Crippen LogP contribution in [0.5, 0.6) is 11.5 Å². The lowest BCUT2D eigenvalue weighted by Crippen LogP contribution is -2.11. The standard InChI is InChI=1S/C14H18O4/c1-8(14(15)16)11-7-12(17-2)9-5-4-6-10(9)13(11)18-3/h7-8H,4-6H2,1-3H3,(H,15,16). The first-order chi connectivity index (χ1) is 8.60. The molecule has 0 fully saturated rings. The first-order valence-electron chi connectivity index (χ1n) is 6.09. The molecule has 1 unspecified atom stereocenters. The van der Waals surface area contributed by atoms with Crippen LogP contribution in [0.15, 0.2) is 6.07 Å². The van der Waals surface area contributed by atoms with E-state index >= 15 is 0 Å². The Hall–Kier alpha value is -1.71. The van der Waals surface area contributed by atoms with E-state index in [1.807, 2.05) is 6.07 Å². The summed E-state index contributed by atoms with van der Waals surface area (Å²) in [5.74, 6) is 0.0534. The molecule has 0 saturated carbocycles. The van der Waals surface area contributed by atoms with Gasteiger partial charge in [0.25, 0.3) is 0 Å². The number of carbonyl (C=O) groups is 1. The number of ether oxygens (including phenoxy) is 2. The van der Waals surface area contributed by atoms with Crippen LogP contribution in [-0.4, -0.2) is 25.3 Å². The fourth-order valence-corrected chi connectivity index (χ4v) is 2.61. The van der Waals surface area contributed by atoms with Crippen LogP contribution < -0.4 is 9.47 Å². The first kappa shape index (κ1) is 12.7. The number of carboxylic acids is 1. The van der Waals surface area contributed by atoms with Gasteiger partial charge in [-0.3, -0.25) is 4.79 Å². The van der Waals surface area contributed by atoms with E-state index in [0.717, 1.165) is 41.9 Å². The normalized spacial score (nSPS) is 15.1. The molecule has 98 valence electrons. The van der Waals surface area contributed by atoms with E-state index in [4.69, 9.17) is 9.47 Å². The highest BCUT2D eigenvalue weighted by molar-refractivity contribution is 5.78. The van der Waals surface area contributed by atoms with Gasteiger partial charge in [0.2, 0.25) is 0 Å². The van der Waals surface area contributed by atoms with E-state index in [0.29, 0.717) is 5.56 Å². The number of methoxy groups -OCH3 is 2. The number of hydrogen-bond donors (Lipinski definition) is 1. The minimum atomic E-state index is -0.853. The second kappa shape index (κ2) is 4.88. The lowest BCUT2D eigenvalue weighted by atomic mass is 9.94. The topological polar surface area (TPSA) is 55.8 Å². The van der Waals surface area contributed by atoms with Gasteiger partial charge in [0.05, 0.1) is 20.1 Å². The zero-order valence-electron chi connectivity index (χ0n) is 10.9. The smallest absolute Gasteiger partial charge is 0.310 e. The molecule has 2 rings (SSSR count). The Kier molecular flexibility index (Phi) is 3.45. The van der Waals surface area contributed by atoms with Crippen molar-refractivity contribution in [1.82, 2.24) is 0 Å². The van der Waals surface area contributed by atoms with Gasteiger partial charge < -0.3 is 14.6 Å². The summed E-state index contributed by atoms with van der Waals surface area (Å²) in [4.78, 5) is 11.2. The van der Waals surface area contributed by atoms with Gasteiger partial charge in [-0.05, 0) is 32.3 Å². The maximum Gasteiger partial charge on any atom is 0.310 e. The van der Waals surface area contributed by atoms with Gasteiger partial charge in [-0.2, -0.15) is 0 Å². The van der Waals surface area contributed by atoms with E-state index < -0.39 is 11.9 Å². The maximum absolute atomic E-state index is 11.2. The molecule has 1 atom stereocenters. The number of rotatable bonds is 4. The molecule has 4 nitrogen and oxygen atoms in total. The number of benzene rings is 1. The zero-order valence-corrected chi connectivity index (χ0v) is 10.9. The zero-order chi connectivity index (χ0) is 13.3. The molecule has 0 spiro atoms. The van der Waals surface area contributed by atoms with Crippen LogP contribution >= 0.6 is 0 Å². The lowest BCUT2D eigenvalue weighted by Gasteiger charge is -2.18. The molecule has 0 bridgehead atoms. The monoisotopic (exact) mass is 250 g/mol. The third-order valence-corrected chi connectivity index (χ3v) is 3.60. The van der Waals surface area contributed by atoms with Gasteiger partial charge in [0.1, 0.15) is 11.5 Å². The molecule has 0 aliphatic heterocycles. The van der Waals surface area contributed by atoms with E-state index in [1.54, 1.807) is 21.1 Å². The fraction of sp³-hybridized carbons (Fsp3) is 0.500. The van der Waals surface area contributed by atoms with Crippen molar-refractivity contribution in [1.29, 1.82) is 0 Å². The lowest BCUT2D eigenvalue weighted by molar-refractivity contribution is -0.138. The Bertz CT molecular complexity index is 479. The summed E-state index contributed by atoms with van der Waals surface area (Å²) in [5, 5.41) is 9.17. The average molecular weight is 250 g/mol. The molecular formula is C14H18O4. The average Bonchev–Trinajstić information content (AvgIpc) is 2.84. The second-order valence-electron chi connectivity index (χ2n) is 4.57. The number of aliphatic carboxylic acids is 1. The molecule has 1 aliphatic rings. The Labute approximate surface area is 107 Å². The molecule has 0 aromatic heterocycles. The predicted octanol–water partition coefficient (Wildman–Crippen LogP) is 2.38. The van der Waals surface area contributed by atoms with Crippen molar-refractivity contribution in [2.75, 3.05) is 14.2 Å². The predicted molar refractivity (Wildman–Crippen MR) is 67.6 cm³/mol. The summed E-state index contributed by atoms with van der Waals surface area (Å²) in [5.41, 5.74) is 2.97. The van der Waals surface area contributed by atoms with Crippen molar-refractivity contribution in [3.63, 3.8) is 0 Å². The van der Waals surface area contributed by atoms with Crippen molar-refractivity contribution < 1.29 is 19.4 Å². The van der Waals surface area contributed by atoms with Crippen molar-refractivity contribution in [2.24, 2.45) is 0 Å². The van der Waals surface area contributed by atoms with E-state index in [2.05, 4.69) is 0 Å². The van der Waals surface area contributed by atoms with Crippen molar-refractivity contribution >= 4 is 5.97 Å². The molecule has 1 aromatic rings. The highest BCUT2D eigenvalue weighted by Crippen LogP contribution is 2.42. The number of carboxylic acid groups (broad SMARTS) is 1. The van der Waals surface area contributed by atoms with Gasteiger partial charge in [-0.25, -0.2) is 0 Å². The maximum atomic E-state index is 11.2. The van der Waals surface area contributed by atoms with Crippen LogP contribution in [0.3, 0.4) is 0 Å². The molecule has 4 heteroatoms. The molecular weight excluding hydrogens is 232 g/mol. The minimum Gasteiger partial charge on any atom is -0.496 e. The second-order valence-corrected chi connectivity index (χ2v) is 4.57. The molecule has 18 heavy (non-hydrogen) atoms. The van der Waals surface area contributed by atoms with Gasteiger partial charge in [-0.1, -0.05) is 0 Å². The summed E-state index contributed by atoms with van der Waals surface area (Å²) in [6.45, 7) is 1.67. The fourth-order valence-electron chi connectivity index (χ4n) is 2.61. The van der Waals surface area contributed by atoms with Gasteiger partial charge in [0.15, 0.2) is 0 Å². The van der Waals surface area contributed by atoms with Crippen LogP contribution in [0.4, 0.5) is 0 Å². The van der Waals surface area contributed by atoms with Crippen molar-refractivity contribution in [2.45, 2.75) is 32.1 Å². The quantitative estimate of drug-likeness (QED) is 0.891. The molecule has 0 amide bonds. The molecule has 0 heterocycles. The van der Waals surface area contributed by atoms with Crippen molar-refractivity contribution in [3.05, 3.63) is 22.8 Å². The Morgan fingerprint density at radius 2 is 1.94 bits per heavy atom. The summed E-state index contributed by atoms with van der Waals surface area (Å²) in [6.07, 6.45) is 2.96. The minimum absolute atomic E-state index is 0.597. The molecule has 1 aliphatic carbocycles. The third-order valence-electron chi connectivity index (χ3n) is 3.60. The van der Waals surface area contributed by atoms with Gasteiger partial charge in [-0.15, -0.1) is 0 Å². The highest BCUT2D eigenvalue weighted by Gasteiger charge is 2.27. The van der Waals surface area contributed by atoms with Crippen LogP contribution in [0, 0.1) is 0 Å². The van der Waals surface area contributed by atoms with Gasteiger partial charge in [0, 0.05) is 16.7 Å². The highest BCUT2D eigenvalue weighted by atomic mass is 16.5. The summed E-state index contributed by atoms with van der Waals surface area (Å²) >= 11 is 0. The van der Waals surface area contributed by atoms with Crippen molar-refractivity contribution in [3.8, 4) is 11.5 Å². The molecule has 1 N–H and O–H groups in total. The molecule has 0 saturated heterocycles. The molecule has 0 radical (unpaired) electrons. The third kappa shape index (κ3) is 1.92. The summed E-state index contributed by atoms with van der Waals surface area (Å²) in [7, 11) is 3.22. The van der Waals surface area contributed by atoms with Crippen LogP contribution in [0.2, 0.25) is 0 Å². The Morgan fingerprint density at radius 1 is 1.28 bits per heavy atom. The van der Waals surface area contributed by atoms with E-state index in [1.165, 1.54) is 0 Å². The number of hydrogen-bond acceptors (Lipinski definition) is 3. The number of fused-ring (bicyclic) bond motifs is 1. The Balaban J connectivity index is 2.62. The van der Waals surface area contributed by atoms with Crippen LogP contribution in [0.25, 0.3) is 0 Å².